The van der Waals surface area contributed by atoms with Crippen molar-refractivity contribution in [2.75, 3.05) is 50.9 Å². The third-order valence-corrected chi connectivity index (χ3v) is 7.14. The van der Waals surface area contributed by atoms with Crippen molar-refractivity contribution in [2.24, 2.45) is 5.92 Å². The van der Waals surface area contributed by atoms with Gasteiger partial charge in [-0.3, -0.25) is 14.4 Å². The first kappa shape index (κ1) is 31.0. The lowest BCUT2D eigenvalue weighted by molar-refractivity contribution is -0.140. The third kappa shape index (κ3) is 9.85. The van der Waals surface area contributed by atoms with Crippen molar-refractivity contribution in [3.05, 3.63) is 23.8 Å². The summed E-state index contributed by atoms with van der Waals surface area (Å²) in [7, 11) is -1.94. The number of ether oxygens (including phenoxy) is 2. The van der Waals surface area contributed by atoms with E-state index in [1.807, 2.05) is 0 Å². The summed E-state index contributed by atoms with van der Waals surface area (Å²) in [6.45, 7) is 3.36. The molecule has 0 radical (unpaired) electrons. The van der Waals surface area contributed by atoms with Gasteiger partial charge in [0.2, 0.25) is 10.0 Å². The zero-order valence-electron chi connectivity index (χ0n) is 20.8. The first-order valence-corrected chi connectivity index (χ1v) is 13.0. The molecule has 2 rings (SSSR count). The van der Waals surface area contributed by atoms with Crippen LogP contribution in [0.2, 0.25) is 0 Å². The van der Waals surface area contributed by atoms with Crippen molar-refractivity contribution in [1.29, 1.82) is 0 Å². The number of rotatable bonds is 6. The number of likely N-dealkylation sites (N-methyl/N-ethyl adjacent to an activating group) is 1. The van der Waals surface area contributed by atoms with Gasteiger partial charge in [-0.2, -0.15) is 26.3 Å². The summed E-state index contributed by atoms with van der Waals surface area (Å²) in [6, 6.07) is 2.91. The van der Waals surface area contributed by atoms with Gasteiger partial charge in [0.25, 0.3) is 5.91 Å². The van der Waals surface area contributed by atoms with E-state index in [1.54, 1.807) is 23.5 Å². The average molecular weight is 564 g/mol. The quantitative estimate of drug-likeness (QED) is 0.531. The van der Waals surface area contributed by atoms with Gasteiger partial charge in [0.05, 0.1) is 18.1 Å². The van der Waals surface area contributed by atoms with Gasteiger partial charge in [-0.05, 0) is 31.0 Å². The molecule has 1 N–H and O–H groups in total. The van der Waals surface area contributed by atoms with Crippen molar-refractivity contribution < 1.29 is 49.0 Å². The van der Waals surface area contributed by atoms with E-state index in [0.29, 0.717) is 0 Å². The zero-order chi connectivity index (χ0) is 28.2. The van der Waals surface area contributed by atoms with E-state index in [0.717, 1.165) is 12.1 Å². The fourth-order valence-corrected chi connectivity index (χ4v) is 4.92. The molecule has 0 aliphatic carbocycles. The number of hydrogen-bond donors (Lipinski definition) is 1. The molecule has 0 fully saturated rings. The van der Waals surface area contributed by atoms with Crippen LogP contribution in [0.25, 0.3) is 0 Å². The summed E-state index contributed by atoms with van der Waals surface area (Å²) in [6.07, 6.45) is -10.9. The number of fused-ring (bicyclic) bond motifs is 1. The van der Waals surface area contributed by atoms with Crippen LogP contribution in [0.3, 0.4) is 0 Å². The molecule has 0 saturated carbocycles. The molecule has 1 amide bonds. The van der Waals surface area contributed by atoms with E-state index in [9.17, 15) is 39.6 Å². The SMILES string of the molecule is CO[C@H]1CN(C)C(=O)c2cc(NS(=O)(=O)CC(F)(F)F)ccc2OC[C@@H](C)N(CCC(F)(F)F)C[C@@H]1C. The third-order valence-electron chi connectivity index (χ3n) is 5.88. The summed E-state index contributed by atoms with van der Waals surface area (Å²) in [5.74, 6) is -3.00. The monoisotopic (exact) mass is 563 g/mol. The summed E-state index contributed by atoms with van der Waals surface area (Å²) in [4.78, 5) is 16.1. The molecule has 15 heteroatoms. The number of nitrogens with one attached hydrogen (secondary N) is 1. The molecule has 1 aromatic rings. The van der Waals surface area contributed by atoms with Gasteiger partial charge in [0.15, 0.2) is 5.75 Å². The molecule has 1 heterocycles. The first-order chi connectivity index (χ1) is 16.9. The molecule has 0 bridgehead atoms. The molecule has 37 heavy (non-hydrogen) atoms. The van der Waals surface area contributed by atoms with Crippen molar-refractivity contribution in [3.8, 4) is 5.75 Å². The van der Waals surface area contributed by atoms with E-state index < -0.39 is 52.6 Å². The smallest absolute Gasteiger partial charge is 0.404 e. The number of hydrogen-bond acceptors (Lipinski definition) is 6. The highest BCUT2D eigenvalue weighted by Crippen LogP contribution is 2.28. The Morgan fingerprint density at radius 1 is 1.11 bits per heavy atom. The number of carbonyl (C=O) groups excluding carboxylic acids is 1. The molecule has 0 spiro atoms. The lowest BCUT2D eigenvalue weighted by Gasteiger charge is -2.36. The Bertz CT molecular complexity index is 1030. The number of carbonyl (C=O) groups is 1. The molecular weight excluding hydrogens is 532 g/mol. The van der Waals surface area contributed by atoms with Crippen molar-refractivity contribution in [3.63, 3.8) is 0 Å². The number of halogens is 6. The number of alkyl halides is 6. The Labute approximate surface area is 211 Å². The second-order valence-electron chi connectivity index (χ2n) is 9.14. The number of sulfonamides is 1. The van der Waals surface area contributed by atoms with Gasteiger partial charge in [0, 0.05) is 45.5 Å². The van der Waals surface area contributed by atoms with Crippen molar-refractivity contribution in [2.45, 2.75) is 44.8 Å². The maximum Gasteiger partial charge on any atom is 0.404 e. The van der Waals surface area contributed by atoms with E-state index in [2.05, 4.69) is 0 Å². The summed E-state index contributed by atoms with van der Waals surface area (Å²) in [5, 5.41) is 0. The number of nitrogens with zero attached hydrogens (tertiary/aromatic N) is 2. The Hall–Kier alpha value is -2.26. The second-order valence-corrected chi connectivity index (χ2v) is 10.9. The van der Waals surface area contributed by atoms with Gasteiger partial charge in [-0.1, -0.05) is 6.92 Å². The van der Waals surface area contributed by atoms with Crippen LogP contribution < -0.4 is 9.46 Å². The van der Waals surface area contributed by atoms with Gasteiger partial charge in [0.1, 0.15) is 12.4 Å². The van der Waals surface area contributed by atoms with Crippen LogP contribution >= 0.6 is 0 Å². The van der Waals surface area contributed by atoms with Gasteiger partial charge in [-0.15, -0.1) is 0 Å². The van der Waals surface area contributed by atoms with Crippen LogP contribution in [0.5, 0.6) is 5.75 Å². The highest BCUT2D eigenvalue weighted by atomic mass is 32.2. The van der Waals surface area contributed by atoms with Crippen LogP contribution in [0.15, 0.2) is 18.2 Å². The molecule has 1 aliphatic rings. The largest absolute Gasteiger partial charge is 0.491 e. The predicted molar refractivity (Wildman–Crippen MR) is 124 cm³/mol. The molecule has 212 valence electrons. The van der Waals surface area contributed by atoms with Crippen LogP contribution in [0.1, 0.15) is 30.6 Å². The van der Waals surface area contributed by atoms with Gasteiger partial charge in [-0.25, -0.2) is 8.42 Å². The maximum absolute atomic E-state index is 13.2. The highest BCUT2D eigenvalue weighted by molar-refractivity contribution is 7.92. The summed E-state index contributed by atoms with van der Waals surface area (Å²) in [5.41, 5.74) is -0.413. The Morgan fingerprint density at radius 3 is 2.32 bits per heavy atom. The lowest BCUT2D eigenvalue weighted by atomic mass is 10.0. The molecular formula is C22H31F6N3O5S. The summed E-state index contributed by atoms with van der Waals surface area (Å²) < 4.78 is 113. The highest BCUT2D eigenvalue weighted by Gasteiger charge is 2.36. The van der Waals surface area contributed by atoms with Gasteiger partial charge < -0.3 is 14.4 Å². The minimum absolute atomic E-state index is 0.000768. The molecule has 0 aromatic heterocycles. The second kappa shape index (κ2) is 12.1. The first-order valence-electron chi connectivity index (χ1n) is 11.3. The number of methoxy groups -OCH3 is 1. The van der Waals surface area contributed by atoms with Crippen molar-refractivity contribution >= 4 is 21.6 Å². The van der Waals surface area contributed by atoms with Crippen LogP contribution in [0, 0.1) is 5.92 Å². The number of anilines is 1. The fourth-order valence-electron chi connectivity index (χ4n) is 3.93. The van der Waals surface area contributed by atoms with Crippen LogP contribution in [-0.4, -0.2) is 94.8 Å². The van der Waals surface area contributed by atoms with E-state index in [4.69, 9.17) is 9.47 Å². The lowest BCUT2D eigenvalue weighted by Crippen LogP contribution is -2.47. The van der Waals surface area contributed by atoms with Gasteiger partial charge >= 0.3 is 12.4 Å². The van der Waals surface area contributed by atoms with E-state index >= 15 is 0 Å². The Kier molecular flexibility index (Phi) is 10.1. The molecule has 1 aliphatic heterocycles. The minimum atomic E-state index is -4.97. The molecule has 3 atom stereocenters. The minimum Gasteiger partial charge on any atom is -0.491 e. The maximum atomic E-state index is 13.2. The number of benzene rings is 1. The van der Waals surface area contributed by atoms with Crippen LogP contribution in [-0.2, 0) is 14.8 Å². The Morgan fingerprint density at radius 2 is 1.76 bits per heavy atom. The van der Waals surface area contributed by atoms with Crippen LogP contribution in [0.4, 0.5) is 32.0 Å². The van der Waals surface area contributed by atoms with E-state index in [-0.39, 0.29) is 49.2 Å². The van der Waals surface area contributed by atoms with Crippen molar-refractivity contribution in [1.82, 2.24) is 9.80 Å². The standard InChI is InChI=1S/C22H31F6N3O5S/c1-14-10-31(8-7-21(23,24)25)15(2)12-36-18-6-5-16(29-37(33,34)13-22(26,27)28)9-17(18)20(32)30(3)11-19(14)35-4/h5-6,9,14-15,19,29H,7-8,10-13H2,1-4H3/t14-,15+,19-/m0/s1. The number of amides is 1. The summed E-state index contributed by atoms with van der Waals surface area (Å²) >= 11 is 0. The topological polar surface area (TPSA) is 88.2 Å². The molecule has 8 nitrogen and oxygen atoms in total. The molecule has 1 aromatic carbocycles. The Balaban J connectivity index is 2.42. The molecule has 0 unspecified atom stereocenters. The zero-order valence-corrected chi connectivity index (χ0v) is 21.6. The fraction of sp³-hybridized carbons (Fsp3) is 0.682. The molecule has 0 saturated heterocycles. The normalized spacial score (nSPS) is 23.0. The average Bonchev–Trinajstić information content (AvgIpc) is 2.74. The van der Waals surface area contributed by atoms with E-state index in [1.165, 1.54) is 25.1 Å². The predicted octanol–water partition coefficient (Wildman–Crippen LogP) is 3.75.